The number of hydrogen-bond donors (Lipinski definition) is 1. The van der Waals surface area contributed by atoms with E-state index in [2.05, 4.69) is 5.32 Å². The molecule has 0 aliphatic carbocycles. The van der Waals surface area contributed by atoms with Crippen molar-refractivity contribution in [2.45, 2.75) is 24.0 Å². The molecule has 0 saturated carbocycles. The molecule has 24 heavy (non-hydrogen) atoms. The lowest BCUT2D eigenvalue weighted by Gasteiger charge is -2.15. The average Bonchev–Trinajstić information content (AvgIpc) is 2.53. The van der Waals surface area contributed by atoms with E-state index in [9.17, 15) is 13.6 Å². The second-order valence-electron chi connectivity index (χ2n) is 5.13. The molecule has 1 N–H and O–H groups in total. The van der Waals surface area contributed by atoms with Crippen LogP contribution in [0, 0.1) is 18.6 Å². The number of carbonyl (C=O) groups excluding carboxylic acids is 1. The van der Waals surface area contributed by atoms with Crippen molar-refractivity contribution in [1.29, 1.82) is 0 Å². The third-order valence-electron chi connectivity index (χ3n) is 3.31. The van der Waals surface area contributed by atoms with Crippen LogP contribution in [-0.4, -0.2) is 18.3 Å². The van der Waals surface area contributed by atoms with Gasteiger partial charge >= 0.3 is 0 Å². The Labute approximate surface area is 148 Å². The summed E-state index contributed by atoms with van der Waals surface area (Å²) >= 11 is 7.04. The van der Waals surface area contributed by atoms with Crippen LogP contribution in [0.3, 0.4) is 0 Å². The van der Waals surface area contributed by atoms with E-state index in [4.69, 9.17) is 16.3 Å². The topological polar surface area (TPSA) is 38.3 Å². The summed E-state index contributed by atoms with van der Waals surface area (Å²) < 4.78 is 31.8. The Morgan fingerprint density at radius 1 is 1.29 bits per heavy atom. The zero-order chi connectivity index (χ0) is 17.9. The molecule has 3 nitrogen and oxygen atoms in total. The van der Waals surface area contributed by atoms with Crippen LogP contribution in [0.15, 0.2) is 35.2 Å². The summed E-state index contributed by atoms with van der Waals surface area (Å²) in [6.45, 7) is 3.45. The van der Waals surface area contributed by atoms with Crippen molar-refractivity contribution >= 4 is 35.0 Å². The fourth-order valence-corrected chi connectivity index (χ4v) is 3.00. The van der Waals surface area contributed by atoms with Crippen LogP contribution < -0.4 is 10.1 Å². The highest BCUT2D eigenvalue weighted by Crippen LogP contribution is 2.32. The molecule has 0 radical (unpaired) electrons. The maximum atomic E-state index is 13.7. The van der Waals surface area contributed by atoms with Crippen molar-refractivity contribution in [3.63, 3.8) is 0 Å². The highest BCUT2D eigenvalue weighted by molar-refractivity contribution is 8.00. The molecule has 0 fully saturated rings. The number of amides is 1. The number of carbonyl (C=O) groups is 1. The maximum absolute atomic E-state index is 13.7. The molecular weight excluding hydrogens is 356 g/mol. The van der Waals surface area contributed by atoms with Gasteiger partial charge in [-0.2, -0.15) is 0 Å². The summed E-state index contributed by atoms with van der Waals surface area (Å²) in [5.74, 6) is -1.25. The number of hydrogen-bond acceptors (Lipinski definition) is 3. The summed E-state index contributed by atoms with van der Waals surface area (Å²) in [4.78, 5) is 12.5. The van der Waals surface area contributed by atoms with Gasteiger partial charge in [0.2, 0.25) is 5.91 Å². The van der Waals surface area contributed by atoms with E-state index in [0.717, 1.165) is 29.5 Å². The van der Waals surface area contributed by atoms with Crippen molar-refractivity contribution in [2.75, 3.05) is 12.4 Å². The van der Waals surface area contributed by atoms with E-state index in [-0.39, 0.29) is 10.8 Å². The van der Waals surface area contributed by atoms with Gasteiger partial charge in [-0.1, -0.05) is 11.6 Å². The first-order valence-corrected chi connectivity index (χ1v) is 8.34. The number of benzene rings is 2. The van der Waals surface area contributed by atoms with Gasteiger partial charge in [0, 0.05) is 22.1 Å². The minimum Gasteiger partial charge on any atom is -0.495 e. The summed E-state index contributed by atoms with van der Waals surface area (Å²) in [5.41, 5.74) is 1.27. The Balaban J connectivity index is 2.13. The molecule has 7 heteroatoms. The molecule has 1 unspecified atom stereocenters. The van der Waals surface area contributed by atoms with E-state index in [1.54, 1.807) is 19.1 Å². The van der Waals surface area contributed by atoms with Gasteiger partial charge in [0.1, 0.15) is 17.4 Å². The summed E-state index contributed by atoms with van der Waals surface area (Å²) in [7, 11) is 1.47. The quantitative estimate of drug-likeness (QED) is 0.747. The van der Waals surface area contributed by atoms with E-state index >= 15 is 0 Å². The fraction of sp³-hybridized carbons (Fsp3) is 0.235. The van der Waals surface area contributed by atoms with E-state index in [1.807, 2.05) is 6.92 Å². The molecule has 0 heterocycles. The number of anilines is 1. The van der Waals surface area contributed by atoms with Gasteiger partial charge in [-0.05, 0) is 37.6 Å². The molecule has 0 saturated heterocycles. The molecule has 1 atom stereocenters. The van der Waals surface area contributed by atoms with Gasteiger partial charge in [-0.25, -0.2) is 8.78 Å². The Kier molecular flexibility index (Phi) is 6.07. The van der Waals surface area contributed by atoms with Crippen LogP contribution in [0.25, 0.3) is 0 Å². The SMILES string of the molecule is COc1cc(Cl)c(C)cc1NC(=O)C(C)Sc1ccc(F)cc1F. The molecule has 0 bridgehead atoms. The van der Waals surface area contributed by atoms with Gasteiger partial charge in [-0.3, -0.25) is 4.79 Å². The van der Waals surface area contributed by atoms with Crippen LogP contribution in [0.4, 0.5) is 14.5 Å². The molecule has 2 aromatic carbocycles. The molecule has 0 aliphatic rings. The van der Waals surface area contributed by atoms with E-state index < -0.39 is 16.9 Å². The molecular formula is C17H16ClF2NO2S. The third-order valence-corrected chi connectivity index (χ3v) is 4.87. The largest absolute Gasteiger partial charge is 0.495 e. The first-order valence-electron chi connectivity index (χ1n) is 7.08. The standard InChI is InChI=1S/C17H16ClF2NO2S/c1-9-6-14(15(23-3)8-12(9)18)21-17(22)10(2)24-16-5-4-11(19)7-13(16)20/h4-8,10H,1-3H3,(H,21,22). The van der Waals surface area contributed by atoms with Crippen molar-refractivity contribution in [3.05, 3.63) is 52.6 Å². The number of methoxy groups -OCH3 is 1. The molecule has 128 valence electrons. The van der Waals surface area contributed by atoms with Gasteiger partial charge in [-0.15, -0.1) is 11.8 Å². The minimum atomic E-state index is -0.695. The zero-order valence-electron chi connectivity index (χ0n) is 13.3. The monoisotopic (exact) mass is 371 g/mol. The number of rotatable bonds is 5. The Morgan fingerprint density at radius 2 is 2.00 bits per heavy atom. The van der Waals surface area contributed by atoms with E-state index in [1.165, 1.54) is 13.2 Å². The van der Waals surface area contributed by atoms with Crippen LogP contribution in [-0.2, 0) is 4.79 Å². The Bertz CT molecular complexity index is 770. The van der Waals surface area contributed by atoms with Crippen molar-refractivity contribution in [1.82, 2.24) is 0 Å². The lowest BCUT2D eigenvalue weighted by Crippen LogP contribution is -2.23. The molecule has 1 amide bonds. The second-order valence-corrected chi connectivity index (χ2v) is 6.92. The highest BCUT2D eigenvalue weighted by Gasteiger charge is 2.19. The summed E-state index contributed by atoms with van der Waals surface area (Å²) in [6.07, 6.45) is 0. The van der Waals surface area contributed by atoms with Gasteiger partial charge in [0.15, 0.2) is 0 Å². The van der Waals surface area contributed by atoms with Crippen LogP contribution >= 0.6 is 23.4 Å². The molecule has 0 spiro atoms. The lowest BCUT2D eigenvalue weighted by atomic mass is 10.2. The zero-order valence-corrected chi connectivity index (χ0v) is 14.9. The van der Waals surface area contributed by atoms with Crippen molar-refractivity contribution < 1.29 is 18.3 Å². The van der Waals surface area contributed by atoms with Crippen molar-refractivity contribution in [3.8, 4) is 5.75 Å². The second kappa shape index (κ2) is 7.85. The number of halogens is 3. The van der Waals surface area contributed by atoms with Gasteiger partial charge in [0.05, 0.1) is 18.0 Å². The average molecular weight is 372 g/mol. The minimum absolute atomic E-state index is 0.207. The maximum Gasteiger partial charge on any atom is 0.237 e. The van der Waals surface area contributed by atoms with Crippen molar-refractivity contribution in [2.24, 2.45) is 0 Å². The lowest BCUT2D eigenvalue weighted by molar-refractivity contribution is -0.115. The molecule has 0 aromatic heterocycles. The van der Waals surface area contributed by atoms with Crippen LogP contribution in [0.1, 0.15) is 12.5 Å². The van der Waals surface area contributed by atoms with E-state index in [0.29, 0.717) is 16.5 Å². The molecule has 2 rings (SSSR count). The summed E-state index contributed by atoms with van der Waals surface area (Å²) in [5, 5.41) is 2.68. The smallest absolute Gasteiger partial charge is 0.237 e. The summed E-state index contributed by atoms with van der Waals surface area (Å²) in [6, 6.07) is 6.57. The predicted molar refractivity (Wildman–Crippen MR) is 93.0 cm³/mol. The molecule has 0 aliphatic heterocycles. The normalized spacial score (nSPS) is 11.9. The van der Waals surface area contributed by atoms with Crippen LogP contribution in [0.2, 0.25) is 5.02 Å². The Hall–Kier alpha value is -1.79. The molecule has 2 aromatic rings. The number of aryl methyl sites for hydroxylation is 1. The number of thioether (sulfide) groups is 1. The van der Waals surface area contributed by atoms with Gasteiger partial charge in [0.25, 0.3) is 0 Å². The van der Waals surface area contributed by atoms with Crippen LogP contribution in [0.5, 0.6) is 5.75 Å². The first kappa shape index (κ1) is 18.5. The highest BCUT2D eigenvalue weighted by atomic mass is 35.5. The number of ether oxygens (including phenoxy) is 1. The number of nitrogens with one attached hydrogen (secondary N) is 1. The third kappa shape index (κ3) is 4.39. The fourth-order valence-electron chi connectivity index (χ4n) is 1.98. The first-order chi connectivity index (χ1) is 11.3. The Morgan fingerprint density at radius 3 is 2.62 bits per heavy atom. The predicted octanol–water partition coefficient (Wildman–Crippen LogP) is 5.05. The van der Waals surface area contributed by atoms with Gasteiger partial charge < -0.3 is 10.1 Å².